The zero-order valence-corrected chi connectivity index (χ0v) is 8.17. The number of pyridine rings is 1. The van der Waals surface area contributed by atoms with Gasteiger partial charge in [-0.3, -0.25) is 0 Å². The molecule has 5 heteroatoms. The third kappa shape index (κ3) is 1.76. The summed E-state index contributed by atoms with van der Waals surface area (Å²) in [5.74, 6) is 0.0364. The van der Waals surface area contributed by atoms with Crippen LogP contribution in [0, 0.1) is 6.92 Å². The molecule has 78 valence electrons. The van der Waals surface area contributed by atoms with E-state index in [0.717, 1.165) is 0 Å². The Hall–Kier alpha value is -1.39. The predicted octanol–water partition coefficient (Wildman–Crippen LogP) is 2.34. The fraction of sp³-hybridized carbons (Fsp3) is 0.444. The molecule has 0 fully saturated rings. The number of halogens is 2. The lowest BCUT2D eigenvalue weighted by molar-refractivity contribution is 0.141. The van der Waals surface area contributed by atoms with Gasteiger partial charge >= 0.3 is 0 Å². The maximum Gasteiger partial charge on any atom is 0.272 e. The van der Waals surface area contributed by atoms with Crippen LogP contribution in [0.4, 0.5) is 8.78 Å². The molecule has 14 heavy (non-hydrogen) atoms. The van der Waals surface area contributed by atoms with Crippen LogP contribution in [0.1, 0.15) is 17.6 Å². The van der Waals surface area contributed by atoms with Gasteiger partial charge in [0.25, 0.3) is 6.43 Å². The molecule has 0 radical (unpaired) electrons. The third-order valence-electron chi connectivity index (χ3n) is 1.82. The normalized spacial score (nSPS) is 10.4. The molecule has 0 aliphatic heterocycles. The zero-order chi connectivity index (χ0) is 10.7. The Labute approximate surface area is 80.7 Å². The minimum absolute atomic E-state index is 0.0950. The van der Waals surface area contributed by atoms with Crippen LogP contribution >= 0.6 is 0 Å². The first-order valence-electron chi connectivity index (χ1n) is 3.97. The SMILES string of the molecule is COc1ncc(C)c(OC)c1C(F)F. The molecule has 1 aromatic heterocycles. The van der Waals surface area contributed by atoms with Gasteiger partial charge in [0.2, 0.25) is 5.88 Å². The van der Waals surface area contributed by atoms with Crippen LogP contribution in [0.15, 0.2) is 6.20 Å². The Morgan fingerprint density at radius 1 is 1.29 bits per heavy atom. The Morgan fingerprint density at radius 3 is 2.36 bits per heavy atom. The lowest BCUT2D eigenvalue weighted by Gasteiger charge is -2.13. The Kier molecular flexibility index (Phi) is 3.22. The molecule has 0 saturated carbocycles. The van der Waals surface area contributed by atoms with Gasteiger partial charge in [-0.05, 0) is 6.92 Å². The van der Waals surface area contributed by atoms with Crippen LogP contribution in [0.3, 0.4) is 0 Å². The second-order valence-electron chi connectivity index (χ2n) is 2.70. The van der Waals surface area contributed by atoms with Crippen molar-refractivity contribution < 1.29 is 18.3 Å². The van der Waals surface area contributed by atoms with Gasteiger partial charge < -0.3 is 9.47 Å². The van der Waals surface area contributed by atoms with Gasteiger partial charge in [0.15, 0.2) is 0 Å². The summed E-state index contributed by atoms with van der Waals surface area (Å²) in [6.07, 6.45) is -1.23. The fourth-order valence-electron chi connectivity index (χ4n) is 1.22. The van der Waals surface area contributed by atoms with E-state index < -0.39 is 6.43 Å². The van der Waals surface area contributed by atoms with Crippen molar-refractivity contribution in [3.8, 4) is 11.6 Å². The average molecular weight is 203 g/mol. The molecule has 1 rings (SSSR count). The first-order chi connectivity index (χ1) is 6.61. The predicted molar refractivity (Wildman–Crippen MR) is 47.0 cm³/mol. The summed E-state index contributed by atoms with van der Waals surface area (Å²) in [5.41, 5.74) is 0.263. The van der Waals surface area contributed by atoms with E-state index in [9.17, 15) is 8.78 Å². The van der Waals surface area contributed by atoms with Gasteiger partial charge in [0.1, 0.15) is 11.3 Å². The van der Waals surface area contributed by atoms with E-state index in [0.29, 0.717) is 5.56 Å². The van der Waals surface area contributed by atoms with E-state index >= 15 is 0 Å². The van der Waals surface area contributed by atoms with Gasteiger partial charge in [-0.15, -0.1) is 0 Å². The molecular formula is C9H11F2NO2. The molecule has 1 aromatic rings. The molecule has 0 atom stereocenters. The van der Waals surface area contributed by atoms with Crippen LogP contribution in [-0.4, -0.2) is 19.2 Å². The molecule has 0 saturated heterocycles. The summed E-state index contributed by atoms with van der Waals surface area (Å²) < 4.78 is 34.9. The van der Waals surface area contributed by atoms with E-state index in [-0.39, 0.29) is 17.2 Å². The Morgan fingerprint density at radius 2 is 1.93 bits per heavy atom. The van der Waals surface area contributed by atoms with Crippen molar-refractivity contribution in [1.29, 1.82) is 0 Å². The smallest absolute Gasteiger partial charge is 0.272 e. The van der Waals surface area contributed by atoms with E-state index in [1.807, 2.05) is 0 Å². The number of hydrogen-bond donors (Lipinski definition) is 0. The van der Waals surface area contributed by atoms with Gasteiger partial charge in [-0.2, -0.15) is 0 Å². The van der Waals surface area contributed by atoms with Crippen LogP contribution in [0.5, 0.6) is 11.6 Å². The molecular weight excluding hydrogens is 192 g/mol. The largest absolute Gasteiger partial charge is 0.496 e. The monoisotopic (exact) mass is 203 g/mol. The summed E-state index contributed by atoms with van der Waals surface area (Å²) in [6.45, 7) is 1.65. The molecule has 0 N–H and O–H groups in total. The van der Waals surface area contributed by atoms with Crippen molar-refractivity contribution >= 4 is 0 Å². The number of aromatic nitrogens is 1. The highest BCUT2D eigenvalue weighted by Gasteiger charge is 2.22. The van der Waals surface area contributed by atoms with Crippen molar-refractivity contribution in [3.63, 3.8) is 0 Å². The van der Waals surface area contributed by atoms with Crippen LogP contribution in [0.25, 0.3) is 0 Å². The second-order valence-corrected chi connectivity index (χ2v) is 2.70. The number of rotatable bonds is 3. The second kappa shape index (κ2) is 4.21. The van der Waals surface area contributed by atoms with Crippen LogP contribution in [0.2, 0.25) is 0 Å². The van der Waals surface area contributed by atoms with E-state index in [1.165, 1.54) is 20.4 Å². The van der Waals surface area contributed by atoms with Crippen molar-refractivity contribution in [2.75, 3.05) is 14.2 Å². The number of ether oxygens (including phenoxy) is 2. The van der Waals surface area contributed by atoms with Crippen molar-refractivity contribution in [2.45, 2.75) is 13.3 Å². The Balaban J connectivity index is 3.36. The fourth-order valence-corrected chi connectivity index (χ4v) is 1.22. The highest BCUT2D eigenvalue weighted by Crippen LogP contribution is 2.37. The number of nitrogens with zero attached hydrogens (tertiary/aromatic N) is 1. The van der Waals surface area contributed by atoms with Gasteiger partial charge in [-0.1, -0.05) is 0 Å². The maximum atomic E-state index is 12.6. The van der Waals surface area contributed by atoms with E-state index in [1.54, 1.807) is 6.92 Å². The van der Waals surface area contributed by atoms with Crippen molar-refractivity contribution in [3.05, 3.63) is 17.3 Å². The van der Waals surface area contributed by atoms with Crippen LogP contribution in [-0.2, 0) is 0 Å². The topological polar surface area (TPSA) is 31.4 Å². The number of methoxy groups -OCH3 is 2. The maximum absolute atomic E-state index is 12.6. The zero-order valence-electron chi connectivity index (χ0n) is 8.17. The molecule has 0 aliphatic rings. The minimum Gasteiger partial charge on any atom is -0.496 e. The van der Waals surface area contributed by atoms with Gasteiger partial charge in [0.05, 0.1) is 14.2 Å². The molecule has 3 nitrogen and oxygen atoms in total. The third-order valence-corrected chi connectivity index (χ3v) is 1.82. The molecule has 0 aliphatic carbocycles. The number of alkyl halides is 2. The van der Waals surface area contributed by atoms with Gasteiger partial charge in [-0.25, -0.2) is 13.8 Å². The number of aryl methyl sites for hydroxylation is 1. The minimum atomic E-state index is -2.66. The summed E-state index contributed by atoms with van der Waals surface area (Å²) in [6, 6.07) is 0. The summed E-state index contributed by atoms with van der Waals surface area (Å²) in [7, 11) is 2.64. The molecule has 0 aromatic carbocycles. The van der Waals surface area contributed by atoms with Crippen LogP contribution < -0.4 is 9.47 Å². The number of hydrogen-bond acceptors (Lipinski definition) is 3. The molecule has 0 amide bonds. The molecule has 0 bridgehead atoms. The highest BCUT2D eigenvalue weighted by molar-refractivity contribution is 5.45. The van der Waals surface area contributed by atoms with Crippen molar-refractivity contribution in [1.82, 2.24) is 4.98 Å². The quantitative estimate of drug-likeness (QED) is 0.755. The average Bonchev–Trinajstić information content (AvgIpc) is 2.17. The lowest BCUT2D eigenvalue weighted by atomic mass is 10.2. The van der Waals surface area contributed by atoms with Crippen molar-refractivity contribution in [2.24, 2.45) is 0 Å². The Bertz CT molecular complexity index is 329. The summed E-state index contributed by atoms with van der Waals surface area (Å²) in [5, 5.41) is 0. The highest BCUT2D eigenvalue weighted by atomic mass is 19.3. The summed E-state index contributed by atoms with van der Waals surface area (Å²) in [4.78, 5) is 3.74. The van der Waals surface area contributed by atoms with E-state index in [2.05, 4.69) is 4.98 Å². The van der Waals surface area contributed by atoms with Gasteiger partial charge in [0, 0.05) is 11.8 Å². The lowest BCUT2D eigenvalue weighted by Crippen LogP contribution is -2.01. The first-order valence-corrected chi connectivity index (χ1v) is 3.97. The molecule has 1 heterocycles. The summed E-state index contributed by atoms with van der Waals surface area (Å²) >= 11 is 0. The molecule has 0 unspecified atom stereocenters. The standard InChI is InChI=1S/C9H11F2NO2/c1-5-4-12-9(14-3)6(8(10)11)7(5)13-2/h4,8H,1-3H3. The van der Waals surface area contributed by atoms with E-state index in [4.69, 9.17) is 9.47 Å². The molecule has 0 spiro atoms. The first kappa shape index (κ1) is 10.7.